The van der Waals surface area contributed by atoms with Crippen LogP contribution in [0.15, 0.2) is 83.8 Å². The highest BCUT2D eigenvalue weighted by atomic mass is 32.2. The second kappa shape index (κ2) is 10.4. The summed E-state index contributed by atoms with van der Waals surface area (Å²) in [5.74, 6) is 1.02. The molecule has 0 radical (unpaired) electrons. The Morgan fingerprint density at radius 2 is 1.64 bits per heavy atom. The van der Waals surface area contributed by atoms with Crippen molar-refractivity contribution in [3.8, 4) is 11.5 Å². The summed E-state index contributed by atoms with van der Waals surface area (Å²) in [6.07, 6.45) is -0.461. The lowest BCUT2D eigenvalue weighted by Gasteiger charge is -2.38. The van der Waals surface area contributed by atoms with Gasteiger partial charge in [0.1, 0.15) is 22.6 Å². The molecule has 0 saturated carbocycles. The molecule has 0 aliphatic carbocycles. The van der Waals surface area contributed by atoms with Gasteiger partial charge >= 0.3 is 10.1 Å². The Labute approximate surface area is 194 Å². The summed E-state index contributed by atoms with van der Waals surface area (Å²) in [4.78, 5) is 2.32. The molecule has 4 rings (SSSR count). The van der Waals surface area contributed by atoms with Gasteiger partial charge < -0.3 is 18.4 Å². The number of ether oxygens (including phenoxy) is 3. The molecule has 0 aromatic heterocycles. The minimum atomic E-state index is -3.88. The van der Waals surface area contributed by atoms with Crippen LogP contribution >= 0.6 is 0 Å². The predicted octanol–water partition coefficient (Wildman–Crippen LogP) is 4.18. The Balaban J connectivity index is 1.47. The number of hydrogen-bond acceptors (Lipinski definition) is 7. The average Bonchev–Trinajstić information content (AvgIpc) is 2.86. The van der Waals surface area contributed by atoms with Crippen molar-refractivity contribution in [2.24, 2.45) is 0 Å². The smallest absolute Gasteiger partial charge is 0.339 e. The summed E-state index contributed by atoms with van der Waals surface area (Å²) in [5.41, 5.74) is 1.89. The van der Waals surface area contributed by atoms with E-state index in [-0.39, 0.29) is 23.0 Å². The Morgan fingerprint density at radius 1 is 0.939 bits per heavy atom. The summed E-state index contributed by atoms with van der Waals surface area (Å²) in [7, 11) is -0.550. The molecule has 0 amide bonds. The number of nitrogens with zero attached hydrogens (tertiary/aromatic N) is 1. The molecule has 0 spiro atoms. The fourth-order valence-corrected chi connectivity index (χ4v) is 4.88. The zero-order valence-electron chi connectivity index (χ0n) is 18.6. The van der Waals surface area contributed by atoms with E-state index in [2.05, 4.69) is 4.90 Å². The average molecular weight is 470 g/mol. The molecule has 2 atom stereocenters. The van der Waals surface area contributed by atoms with Gasteiger partial charge in [-0.25, -0.2) is 0 Å². The van der Waals surface area contributed by atoms with E-state index in [1.807, 2.05) is 36.4 Å². The first-order valence-corrected chi connectivity index (χ1v) is 12.0. The largest absolute Gasteiger partial charge is 0.496 e. The Morgan fingerprint density at radius 3 is 2.33 bits per heavy atom. The van der Waals surface area contributed by atoms with Gasteiger partial charge in [0.2, 0.25) is 0 Å². The SMILES string of the molecule is COc1ccccc1C(OC)N1CCOC(c2ccc(OS(=O)(=O)c3ccccc3)cc2)C1. The molecule has 3 aromatic carbocycles. The highest BCUT2D eigenvalue weighted by Crippen LogP contribution is 2.34. The van der Waals surface area contributed by atoms with Crippen LogP contribution in [0.2, 0.25) is 0 Å². The molecule has 0 N–H and O–H groups in total. The highest BCUT2D eigenvalue weighted by Gasteiger charge is 2.30. The van der Waals surface area contributed by atoms with E-state index in [9.17, 15) is 8.42 Å². The maximum Gasteiger partial charge on any atom is 0.339 e. The maximum atomic E-state index is 12.4. The highest BCUT2D eigenvalue weighted by molar-refractivity contribution is 7.87. The van der Waals surface area contributed by atoms with Gasteiger partial charge in [0.15, 0.2) is 0 Å². The van der Waals surface area contributed by atoms with E-state index in [4.69, 9.17) is 18.4 Å². The van der Waals surface area contributed by atoms with E-state index in [1.165, 1.54) is 12.1 Å². The molecule has 33 heavy (non-hydrogen) atoms. The molecule has 3 aromatic rings. The molecular formula is C25H27NO6S. The van der Waals surface area contributed by atoms with Crippen LogP contribution in [0.5, 0.6) is 11.5 Å². The van der Waals surface area contributed by atoms with Crippen LogP contribution in [0.3, 0.4) is 0 Å². The maximum absolute atomic E-state index is 12.4. The lowest BCUT2D eigenvalue weighted by molar-refractivity contribution is -0.111. The fraction of sp³-hybridized carbons (Fsp3) is 0.280. The molecule has 1 saturated heterocycles. The number of methoxy groups -OCH3 is 2. The van der Waals surface area contributed by atoms with E-state index >= 15 is 0 Å². The second-order valence-electron chi connectivity index (χ2n) is 7.60. The van der Waals surface area contributed by atoms with Crippen molar-refractivity contribution in [3.05, 3.63) is 90.0 Å². The Hall–Kier alpha value is -2.91. The van der Waals surface area contributed by atoms with Crippen molar-refractivity contribution in [1.82, 2.24) is 4.90 Å². The first-order valence-electron chi connectivity index (χ1n) is 10.6. The Bertz CT molecular complexity index is 1150. The molecule has 8 heteroatoms. The Kier molecular flexibility index (Phi) is 7.29. The van der Waals surface area contributed by atoms with Gasteiger partial charge in [-0.15, -0.1) is 0 Å². The quantitative estimate of drug-likeness (QED) is 0.458. The summed E-state index contributed by atoms with van der Waals surface area (Å²) in [6.45, 7) is 1.86. The molecule has 1 fully saturated rings. The molecular weight excluding hydrogens is 442 g/mol. The van der Waals surface area contributed by atoms with Crippen LogP contribution in [-0.4, -0.2) is 47.2 Å². The minimum Gasteiger partial charge on any atom is -0.496 e. The summed E-state index contributed by atoms with van der Waals surface area (Å²) >= 11 is 0. The monoisotopic (exact) mass is 469 g/mol. The number of rotatable bonds is 8. The molecule has 174 valence electrons. The molecule has 1 aliphatic heterocycles. The first-order chi connectivity index (χ1) is 16.0. The van der Waals surface area contributed by atoms with Gasteiger partial charge in [0, 0.05) is 25.8 Å². The van der Waals surface area contributed by atoms with Crippen molar-refractivity contribution in [2.45, 2.75) is 17.2 Å². The van der Waals surface area contributed by atoms with E-state index < -0.39 is 10.1 Å². The predicted molar refractivity (Wildman–Crippen MR) is 124 cm³/mol. The van der Waals surface area contributed by atoms with Crippen molar-refractivity contribution >= 4 is 10.1 Å². The van der Waals surface area contributed by atoms with Crippen LogP contribution in [-0.2, 0) is 19.6 Å². The van der Waals surface area contributed by atoms with Crippen LogP contribution in [0.1, 0.15) is 23.5 Å². The van der Waals surface area contributed by atoms with Crippen molar-refractivity contribution in [1.29, 1.82) is 0 Å². The van der Waals surface area contributed by atoms with Gasteiger partial charge in [-0.2, -0.15) is 8.42 Å². The van der Waals surface area contributed by atoms with Crippen LogP contribution in [0, 0.1) is 0 Å². The number of morpholine rings is 1. The third-order valence-corrected chi connectivity index (χ3v) is 6.81. The number of benzene rings is 3. The minimum absolute atomic E-state index is 0.113. The van der Waals surface area contributed by atoms with E-state index in [1.54, 1.807) is 44.6 Å². The van der Waals surface area contributed by atoms with Crippen LogP contribution in [0.4, 0.5) is 0 Å². The molecule has 0 bridgehead atoms. The lowest BCUT2D eigenvalue weighted by atomic mass is 10.1. The lowest BCUT2D eigenvalue weighted by Crippen LogP contribution is -2.41. The van der Waals surface area contributed by atoms with Crippen molar-refractivity contribution in [3.63, 3.8) is 0 Å². The van der Waals surface area contributed by atoms with Crippen LogP contribution in [0.25, 0.3) is 0 Å². The van der Waals surface area contributed by atoms with Gasteiger partial charge in [-0.05, 0) is 35.9 Å². The first kappa shape index (κ1) is 23.3. The zero-order chi connectivity index (χ0) is 23.3. The summed E-state index contributed by atoms with van der Waals surface area (Å²) in [6, 6.07) is 22.8. The van der Waals surface area contributed by atoms with Crippen molar-refractivity contribution < 1.29 is 26.8 Å². The van der Waals surface area contributed by atoms with Gasteiger partial charge in [0.25, 0.3) is 0 Å². The topological polar surface area (TPSA) is 74.3 Å². The van der Waals surface area contributed by atoms with Crippen molar-refractivity contribution in [2.75, 3.05) is 33.9 Å². The zero-order valence-corrected chi connectivity index (χ0v) is 19.4. The summed E-state index contributed by atoms with van der Waals surface area (Å²) < 4.78 is 47.5. The van der Waals surface area contributed by atoms with E-state index in [0.717, 1.165) is 16.9 Å². The fourth-order valence-electron chi connectivity index (χ4n) is 3.93. The van der Waals surface area contributed by atoms with Gasteiger partial charge in [0.05, 0.1) is 19.8 Å². The number of hydrogen-bond donors (Lipinski definition) is 0. The third-order valence-electron chi connectivity index (χ3n) is 5.55. The molecule has 1 heterocycles. The normalized spacial score (nSPS) is 17.9. The molecule has 2 unspecified atom stereocenters. The number of para-hydroxylation sites is 1. The van der Waals surface area contributed by atoms with Gasteiger partial charge in [-0.3, -0.25) is 4.90 Å². The summed E-state index contributed by atoms with van der Waals surface area (Å²) in [5, 5.41) is 0. The third kappa shape index (κ3) is 5.36. The van der Waals surface area contributed by atoms with Gasteiger partial charge in [-0.1, -0.05) is 48.5 Å². The second-order valence-corrected chi connectivity index (χ2v) is 9.15. The molecule has 1 aliphatic rings. The van der Waals surface area contributed by atoms with E-state index in [0.29, 0.717) is 19.7 Å². The van der Waals surface area contributed by atoms with Crippen LogP contribution < -0.4 is 8.92 Å². The molecule has 7 nitrogen and oxygen atoms in total. The standard InChI is InChI=1S/C25H27NO6S/c1-29-23-11-7-6-10-22(23)25(30-2)26-16-17-31-24(18-26)19-12-14-20(15-13-19)32-33(27,28)21-8-4-3-5-9-21/h3-15,24-25H,16-18H2,1-2H3.